The van der Waals surface area contributed by atoms with Crippen molar-refractivity contribution in [2.45, 2.75) is 12.3 Å². The summed E-state index contributed by atoms with van der Waals surface area (Å²) in [5.41, 5.74) is 2.98. The van der Waals surface area contributed by atoms with E-state index in [-0.39, 0.29) is 5.92 Å². The van der Waals surface area contributed by atoms with Crippen LogP contribution >= 0.6 is 0 Å². The summed E-state index contributed by atoms with van der Waals surface area (Å²) in [6.07, 6.45) is 0.836. The highest BCUT2D eigenvalue weighted by Gasteiger charge is 2.21. The van der Waals surface area contributed by atoms with Crippen molar-refractivity contribution in [1.29, 1.82) is 0 Å². The molecule has 0 aromatic heterocycles. The van der Waals surface area contributed by atoms with Crippen molar-refractivity contribution in [2.75, 3.05) is 6.61 Å². The molecule has 1 aliphatic heterocycles. The van der Waals surface area contributed by atoms with Crippen LogP contribution in [0.1, 0.15) is 17.0 Å². The highest BCUT2D eigenvalue weighted by atomic mass is 16.5. The second kappa shape index (κ2) is 5.21. The Morgan fingerprint density at radius 1 is 0.950 bits per heavy atom. The topological polar surface area (TPSA) is 68.1 Å². The fourth-order valence-corrected chi connectivity index (χ4v) is 2.44. The molecule has 100 valence electrons. The van der Waals surface area contributed by atoms with Gasteiger partial charge in [0.25, 0.3) is 0 Å². The lowest BCUT2D eigenvalue weighted by atomic mass is 9.90. The molecule has 3 rings (SSSR count). The molecule has 0 fully saturated rings. The predicted molar refractivity (Wildman–Crippen MR) is 75.7 cm³/mol. The number of nitrogens with zero attached hydrogens (tertiary/aromatic N) is 2. The van der Waals surface area contributed by atoms with E-state index in [1.165, 1.54) is 0 Å². The van der Waals surface area contributed by atoms with Crippen molar-refractivity contribution >= 4 is 11.4 Å². The average Bonchev–Trinajstić information content (AvgIpc) is 2.54. The van der Waals surface area contributed by atoms with Crippen molar-refractivity contribution < 1.29 is 4.74 Å². The molecule has 1 atom stereocenters. The van der Waals surface area contributed by atoms with E-state index in [1.54, 1.807) is 24.3 Å². The van der Waals surface area contributed by atoms with Gasteiger partial charge in [-0.25, -0.2) is 0 Å². The minimum atomic E-state index is 0.234. The number of hydrogen-bond acceptors (Lipinski definition) is 5. The Morgan fingerprint density at radius 3 is 2.35 bits per heavy atom. The molecule has 1 heterocycles. The second-order valence-electron chi connectivity index (χ2n) is 4.78. The average molecular weight is 268 g/mol. The van der Waals surface area contributed by atoms with Crippen LogP contribution in [0.3, 0.4) is 0 Å². The van der Waals surface area contributed by atoms with E-state index in [9.17, 15) is 9.81 Å². The molecular formula is C15H12N2O3. The number of nitroso groups, excluding NO2 is 2. The second-order valence-corrected chi connectivity index (χ2v) is 4.78. The summed E-state index contributed by atoms with van der Waals surface area (Å²) in [7, 11) is 0. The molecule has 5 heteroatoms. The summed E-state index contributed by atoms with van der Waals surface area (Å²) in [6, 6.07) is 12.4. The van der Waals surface area contributed by atoms with Gasteiger partial charge in [-0.3, -0.25) is 0 Å². The molecule has 0 radical (unpaired) electrons. The molecule has 0 unspecified atom stereocenters. The number of rotatable bonds is 3. The molecule has 0 N–H and O–H groups in total. The minimum Gasteiger partial charge on any atom is -0.493 e. The highest BCUT2D eigenvalue weighted by Crippen LogP contribution is 2.35. The first kappa shape index (κ1) is 12.5. The van der Waals surface area contributed by atoms with Crippen molar-refractivity contribution in [3.63, 3.8) is 0 Å². The molecule has 5 nitrogen and oxygen atoms in total. The Labute approximate surface area is 115 Å². The minimum absolute atomic E-state index is 0.234. The van der Waals surface area contributed by atoms with Crippen LogP contribution in [0.4, 0.5) is 11.4 Å². The molecule has 20 heavy (non-hydrogen) atoms. The standard InChI is InChI=1S/C15H12N2O3/c18-16-13-4-1-10(2-5-13)12-7-11-3-6-14(17-19)8-15(11)20-9-12/h1-6,8,12H,7,9H2/t12-/m1/s1. The van der Waals surface area contributed by atoms with E-state index in [2.05, 4.69) is 10.4 Å². The van der Waals surface area contributed by atoms with E-state index >= 15 is 0 Å². The first-order valence-electron chi connectivity index (χ1n) is 6.32. The SMILES string of the molecule is O=Nc1ccc([C@H]2COc3cc(N=O)ccc3C2)cc1. The van der Waals surface area contributed by atoms with Gasteiger partial charge >= 0.3 is 0 Å². The van der Waals surface area contributed by atoms with E-state index in [1.807, 2.05) is 18.2 Å². The number of hydrogen-bond donors (Lipinski definition) is 0. The van der Waals surface area contributed by atoms with Crippen LogP contribution in [0.2, 0.25) is 0 Å². The van der Waals surface area contributed by atoms with Gasteiger partial charge in [0, 0.05) is 12.0 Å². The Kier molecular flexibility index (Phi) is 3.25. The Morgan fingerprint density at radius 2 is 1.65 bits per heavy atom. The summed E-state index contributed by atoms with van der Waals surface area (Å²) in [4.78, 5) is 20.9. The van der Waals surface area contributed by atoms with Gasteiger partial charge in [0.2, 0.25) is 0 Å². The quantitative estimate of drug-likeness (QED) is 0.783. The third-order valence-electron chi connectivity index (χ3n) is 3.53. The van der Waals surface area contributed by atoms with E-state index in [4.69, 9.17) is 4.74 Å². The Bertz CT molecular complexity index is 653. The summed E-state index contributed by atoms with van der Waals surface area (Å²) in [6.45, 7) is 0.545. The van der Waals surface area contributed by atoms with Gasteiger partial charge in [-0.15, -0.1) is 9.81 Å². The molecule has 2 aromatic carbocycles. The molecular weight excluding hydrogens is 256 g/mol. The number of ether oxygens (including phenoxy) is 1. The summed E-state index contributed by atoms with van der Waals surface area (Å²) < 4.78 is 5.71. The Balaban J connectivity index is 1.84. The molecule has 2 aromatic rings. The summed E-state index contributed by atoms with van der Waals surface area (Å²) >= 11 is 0. The fourth-order valence-electron chi connectivity index (χ4n) is 2.44. The lowest BCUT2D eigenvalue weighted by Gasteiger charge is -2.25. The third-order valence-corrected chi connectivity index (χ3v) is 3.53. The van der Waals surface area contributed by atoms with Gasteiger partial charge in [0.05, 0.1) is 6.61 Å². The van der Waals surface area contributed by atoms with Gasteiger partial charge in [-0.05, 0) is 46.1 Å². The molecule has 0 aliphatic carbocycles. The van der Waals surface area contributed by atoms with Crippen molar-refractivity contribution in [2.24, 2.45) is 10.4 Å². The maximum absolute atomic E-state index is 10.5. The van der Waals surface area contributed by atoms with Crippen molar-refractivity contribution in [3.8, 4) is 5.75 Å². The van der Waals surface area contributed by atoms with Crippen LogP contribution in [0, 0.1) is 9.81 Å². The fraction of sp³-hybridized carbons (Fsp3) is 0.200. The maximum Gasteiger partial charge on any atom is 0.124 e. The van der Waals surface area contributed by atoms with Crippen molar-refractivity contribution in [3.05, 3.63) is 63.4 Å². The highest BCUT2D eigenvalue weighted by molar-refractivity contribution is 5.50. The zero-order chi connectivity index (χ0) is 13.9. The lowest BCUT2D eigenvalue weighted by Crippen LogP contribution is -2.19. The molecule has 0 bridgehead atoms. The lowest BCUT2D eigenvalue weighted by molar-refractivity contribution is 0.263. The monoisotopic (exact) mass is 268 g/mol. The molecule has 0 spiro atoms. The molecule has 1 aliphatic rings. The third kappa shape index (κ3) is 2.30. The first-order chi connectivity index (χ1) is 9.80. The summed E-state index contributed by atoms with van der Waals surface area (Å²) in [5.74, 6) is 0.961. The van der Waals surface area contributed by atoms with Gasteiger partial charge < -0.3 is 4.74 Å². The van der Waals surface area contributed by atoms with E-state index in [0.717, 1.165) is 23.3 Å². The largest absolute Gasteiger partial charge is 0.493 e. The van der Waals surface area contributed by atoms with Crippen LogP contribution in [-0.4, -0.2) is 6.61 Å². The van der Waals surface area contributed by atoms with Crippen LogP contribution in [-0.2, 0) is 6.42 Å². The smallest absolute Gasteiger partial charge is 0.124 e. The predicted octanol–water partition coefficient (Wildman–Crippen LogP) is 4.20. The van der Waals surface area contributed by atoms with Crippen molar-refractivity contribution in [1.82, 2.24) is 0 Å². The normalized spacial score (nSPS) is 16.9. The van der Waals surface area contributed by atoms with Gasteiger partial charge in [-0.1, -0.05) is 18.2 Å². The van der Waals surface area contributed by atoms with Crippen LogP contribution in [0.15, 0.2) is 52.8 Å². The van der Waals surface area contributed by atoms with Gasteiger partial charge in [-0.2, -0.15) is 0 Å². The van der Waals surface area contributed by atoms with Crippen LogP contribution in [0.25, 0.3) is 0 Å². The molecule has 0 saturated heterocycles. The van der Waals surface area contributed by atoms with E-state index < -0.39 is 0 Å². The number of fused-ring (bicyclic) bond motifs is 1. The molecule has 0 saturated carbocycles. The Hall–Kier alpha value is -2.56. The zero-order valence-electron chi connectivity index (χ0n) is 10.7. The molecule has 0 amide bonds. The van der Waals surface area contributed by atoms with Gasteiger partial charge in [0.1, 0.15) is 17.1 Å². The van der Waals surface area contributed by atoms with Crippen LogP contribution < -0.4 is 4.74 Å². The van der Waals surface area contributed by atoms with Gasteiger partial charge in [0.15, 0.2) is 0 Å². The maximum atomic E-state index is 10.5. The zero-order valence-corrected chi connectivity index (χ0v) is 10.7. The number of benzene rings is 2. The summed E-state index contributed by atoms with van der Waals surface area (Å²) in [5, 5.41) is 5.80. The van der Waals surface area contributed by atoms with E-state index in [0.29, 0.717) is 18.0 Å². The first-order valence-corrected chi connectivity index (χ1v) is 6.32. The van der Waals surface area contributed by atoms with Crippen LogP contribution in [0.5, 0.6) is 5.75 Å².